The van der Waals surface area contributed by atoms with E-state index in [1.54, 1.807) is 36.4 Å². The standard InChI is InChI=1S/C22H19ClFN3O2/c1-29-20-12-15(8-11-18(20)24)21-26-19-5-3-2-4-17(19)22(28)27(21)25-13-14-6-9-16(23)10-7-14/h2-11,15,25H,12-13H2,1H3. The molecule has 3 aromatic rings. The summed E-state index contributed by atoms with van der Waals surface area (Å²) in [5.41, 5.74) is 4.52. The fourth-order valence-electron chi connectivity index (χ4n) is 3.34. The zero-order chi connectivity index (χ0) is 20.4. The van der Waals surface area contributed by atoms with Crippen LogP contribution in [0.2, 0.25) is 5.02 Å². The number of ether oxygens (including phenoxy) is 1. The van der Waals surface area contributed by atoms with Gasteiger partial charge in [0.1, 0.15) is 11.6 Å². The van der Waals surface area contributed by atoms with Gasteiger partial charge in [0.25, 0.3) is 5.56 Å². The van der Waals surface area contributed by atoms with E-state index in [1.165, 1.54) is 17.9 Å². The van der Waals surface area contributed by atoms with Crippen LogP contribution in [0.15, 0.2) is 77.1 Å². The summed E-state index contributed by atoms with van der Waals surface area (Å²) in [5, 5.41) is 1.15. The molecule has 1 N–H and O–H groups in total. The molecular formula is C22H19ClFN3O2. The smallest absolute Gasteiger partial charge is 0.279 e. The Balaban J connectivity index is 1.76. The molecular weight excluding hydrogens is 393 g/mol. The second-order valence-corrected chi connectivity index (χ2v) is 7.17. The van der Waals surface area contributed by atoms with E-state index >= 15 is 0 Å². The summed E-state index contributed by atoms with van der Waals surface area (Å²) in [5.74, 6) is 0.0251. The van der Waals surface area contributed by atoms with Crippen LogP contribution in [-0.4, -0.2) is 16.8 Å². The van der Waals surface area contributed by atoms with Gasteiger partial charge >= 0.3 is 0 Å². The second kappa shape index (κ2) is 8.09. The zero-order valence-corrected chi connectivity index (χ0v) is 16.5. The molecule has 1 aromatic heterocycles. The molecule has 1 heterocycles. The molecule has 1 aliphatic rings. The van der Waals surface area contributed by atoms with Gasteiger partial charge in [0.2, 0.25) is 0 Å². The average molecular weight is 412 g/mol. The van der Waals surface area contributed by atoms with E-state index in [9.17, 15) is 9.18 Å². The van der Waals surface area contributed by atoms with Gasteiger partial charge in [-0.15, -0.1) is 0 Å². The number of nitrogens with zero attached hydrogens (tertiary/aromatic N) is 2. The minimum absolute atomic E-state index is 0.207. The predicted molar refractivity (Wildman–Crippen MR) is 112 cm³/mol. The van der Waals surface area contributed by atoms with Crippen molar-refractivity contribution in [3.05, 3.63) is 99.0 Å². The molecule has 2 aromatic carbocycles. The number of halogens is 2. The van der Waals surface area contributed by atoms with Crippen LogP contribution in [0.25, 0.3) is 10.9 Å². The lowest BCUT2D eigenvalue weighted by Gasteiger charge is -2.22. The maximum Gasteiger partial charge on any atom is 0.279 e. The fourth-order valence-corrected chi connectivity index (χ4v) is 3.47. The van der Waals surface area contributed by atoms with E-state index < -0.39 is 5.83 Å². The van der Waals surface area contributed by atoms with Crippen LogP contribution in [0, 0.1) is 0 Å². The first-order chi connectivity index (χ1) is 14.1. The Labute approximate surface area is 172 Å². The number of allylic oxidation sites excluding steroid dienone is 4. The van der Waals surface area contributed by atoms with Crippen molar-refractivity contribution < 1.29 is 9.13 Å². The van der Waals surface area contributed by atoms with E-state index in [4.69, 9.17) is 21.3 Å². The summed E-state index contributed by atoms with van der Waals surface area (Å²) in [7, 11) is 1.44. The molecule has 29 heavy (non-hydrogen) atoms. The van der Waals surface area contributed by atoms with Crippen molar-refractivity contribution in [2.24, 2.45) is 0 Å². The second-order valence-electron chi connectivity index (χ2n) is 6.73. The Bertz CT molecular complexity index is 1170. The number of para-hydroxylation sites is 1. The number of rotatable bonds is 5. The Morgan fingerprint density at radius 3 is 2.76 bits per heavy atom. The lowest BCUT2D eigenvalue weighted by molar-refractivity contribution is 0.256. The lowest BCUT2D eigenvalue weighted by Crippen LogP contribution is -2.34. The molecule has 7 heteroatoms. The number of hydrogen-bond acceptors (Lipinski definition) is 4. The summed E-state index contributed by atoms with van der Waals surface area (Å²) in [6.45, 7) is 0.405. The van der Waals surface area contributed by atoms with Crippen LogP contribution in [0.5, 0.6) is 0 Å². The van der Waals surface area contributed by atoms with Crippen molar-refractivity contribution in [2.45, 2.75) is 18.9 Å². The van der Waals surface area contributed by atoms with Gasteiger partial charge in [-0.1, -0.05) is 41.9 Å². The van der Waals surface area contributed by atoms with Gasteiger partial charge in [-0.25, -0.2) is 14.1 Å². The third-order valence-corrected chi connectivity index (χ3v) is 5.13. The molecule has 0 bridgehead atoms. The van der Waals surface area contributed by atoms with Gasteiger partial charge in [0.15, 0.2) is 5.83 Å². The molecule has 0 fully saturated rings. The Morgan fingerprint density at radius 2 is 2.00 bits per heavy atom. The topological polar surface area (TPSA) is 56.1 Å². The number of benzene rings is 2. The lowest BCUT2D eigenvalue weighted by atomic mass is 9.97. The van der Waals surface area contributed by atoms with Gasteiger partial charge in [-0.2, -0.15) is 0 Å². The summed E-state index contributed by atoms with van der Waals surface area (Å²) >= 11 is 5.95. The molecule has 5 nitrogen and oxygen atoms in total. The average Bonchev–Trinajstić information content (AvgIpc) is 2.74. The SMILES string of the molecule is COC1=C(F)C=CC(c2nc3ccccc3c(=O)n2NCc2ccc(Cl)cc2)C1. The molecule has 1 aliphatic carbocycles. The van der Waals surface area contributed by atoms with Crippen LogP contribution in [0.3, 0.4) is 0 Å². The van der Waals surface area contributed by atoms with Gasteiger partial charge in [-0.05, 0) is 35.9 Å². The highest BCUT2D eigenvalue weighted by atomic mass is 35.5. The van der Waals surface area contributed by atoms with Crippen molar-refractivity contribution in [2.75, 3.05) is 12.5 Å². The summed E-state index contributed by atoms with van der Waals surface area (Å²) in [4.78, 5) is 17.9. The van der Waals surface area contributed by atoms with Crippen molar-refractivity contribution in [3.63, 3.8) is 0 Å². The van der Waals surface area contributed by atoms with Crippen molar-refractivity contribution in [1.82, 2.24) is 9.66 Å². The third kappa shape index (κ3) is 3.89. The first-order valence-electron chi connectivity index (χ1n) is 9.17. The monoisotopic (exact) mass is 411 g/mol. The zero-order valence-electron chi connectivity index (χ0n) is 15.7. The Morgan fingerprint density at radius 1 is 1.24 bits per heavy atom. The normalized spacial score (nSPS) is 16.3. The molecule has 0 spiro atoms. The van der Waals surface area contributed by atoms with Crippen LogP contribution in [0.4, 0.5) is 4.39 Å². The minimum atomic E-state index is -0.410. The predicted octanol–water partition coefficient (Wildman–Crippen LogP) is 4.66. The number of hydrogen-bond donors (Lipinski definition) is 1. The summed E-state index contributed by atoms with van der Waals surface area (Å²) in [6.07, 6.45) is 3.35. The molecule has 1 unspecified atom stereocenters. The van der Waals surface area contributed by atoms with E-state index in [2.05, 4.69) is 5.43 Å². The molecule has 0 saturated carbocycles. The number of nitrogens with one attached hydrogen (secondary N) is 1. The number of methoxy groups -OCH3 is 1. The third-order valence-electron chi connectivity index (χ3n) is 4.88. The minimum Gasteiger partial charge on any atom is -0.498 e. The van der Waals surface area contributed by atoms with Crippen LogP contribution in [0.1, 0.15) is 23.7 Å². The largest absolute Gasteiger partial charge is 0.498 e. The highest BCUT2D eigenvalue weighted by molar-refractivity contribution is 6.30. The molecule has 4 rings (SSSR count). The quantitative estimate of drug-likeness (QED) is 0.663. The summed E-state index contributed by atoms with van der Waals surface area (Å²) in [6, 6.07) is 14.5. The highest BCUT2D eigenvalue weighted by Crippen LogP contribution is 2.31. The number of aromatic nitrogens is 2. The fraction of sp³-hybridized carbons (Fsp3) is 0.182. The number of fused-ring (bicyclic) bond motifs is 1. The van der Waals surface area contributed by atoms with E-state index in [1.807, 2.05) is 18.2 Å². The van der Waals surface area contributed by atoms with Crippen LogP contribution >= 0.6 is 11.6 Å². The van der Waals surface area contributed by atoms with Crippen LogP contribution < -0.4 is 11.0 Å². The molecule has 0 radical (unpaired) electrons. The summed E-state index contributed by atoms with van der Waals surface area (Å²) < 4.78 is 20.5. The van der Waals surface area contributed by atoms with Gasteiger partial charge in [0.05, 0.1) is 24.6 Å². The van der Waals surface area contributed by atoms with Gasteiger partial charge < -0.3 is 10.2 Å². The van der Waals surface area contributed by atoms with Crippen molar-refractivity contribution in [1.29, 1.82) is 0 Å². The highest BCUT2D eigenvalue weighted by Gasteiger charge is 2.24. The Kier molecular flexibility index (Phi) is 5.36. The maximum absolute atomic E-state index is 13.9. The van der Waals surface area contributed by atoms with E-state index in [-0.39, 0.29) is 23.7 Å². The first kappa shape index (κ1) is 19.2. The molecule has 0 saturated heterocycles. The van der Waals surface area contributed by atoms with Crippen molar-refractivity contribution >= 4 is 22.5 Å². The maximum atomic E-state index is 13.9. The molecule has 1 atom stereocenters. The van der Waals surface area contributed by atoms with Crippen LogP contribution in [-0.2, 0) is 11.3 Å². The Hall–Kier alpha value is -3.12. The van der Waals surface area contributed by atoms with Crippen molar-refractivity contribution in [3.8, 4) is 0 Å². The molecule has 0 amide bonds. The first-order valence-corrected chi connectivity index (χ1v) is 9.55. The van der Waals surface area contributed by atoms with E-state index in [0.717, 1.165) is 5.56 Å². The molecule has 148 valence electrons. The van der Waals surface area contributed by atoms with Gasteiger partial charge in [-0.3, -0.25) is 4.79 Å². The van der Waals surface area contributed by atoms with Gasteiger partial charge in [0, 0.05) is 17.4 Å². The van der Waals surface area contributed by atoms with E-state index in [0.29, 0.717) is 28.3 Å². The molecule has 0 aliphatic heterocycles.